The van der Waals surface area contributed by atoms with Crippen LogP contribution in [0.25, 0.3) is 21.8 Å². The average molecular weight is 412 g/mol. The van der Waals surface area contributed by atoms with Gasteiger partial charge in [-0.2, -0.15) is 18.3 Å². The zero-order valence-electron chi connectivity index (χ0n) is 15.9. The van der Waals surface area contributed by atoms with Gasteiger partial charge in [0.15, 0.2) is 5.82 Å². The van der Waals surface area contributed by atoms with Gasteiger partial charge in [0.1, 0.15) is 17.4 Å². The Bertz CT molecular complexity index is 1200. The highest BCUT2D eigenvalue weighted by Gasteiger charge is 2.45. The Kier molecular flexibility index (Phi) is 4.45. The molecule has 1 aromatic carbocycles. The lowest BCUT2D eigenvalue weighted by molar-refractivity contribution is -0.152. The third kappa shape index (κ3) is 3.30. The fraction of sp³-hybridized carbons (Fsp3) is 0.286. The van der Waals surface area contributed by atoms with Crippen molar-refractivity contribution in [3.8, 4) is 0 Å². The van der Waals surface area contributed by atoms with Crippen molar-refractivity contribution in [2.45, 2.75) is 31.5 Å². The Morgan fingerprint density at radius 1 is 1.07 bits per heavy atom. The SMILES string of the molecule is FC(F)(F)C1CCCCN1c1nccc2cc(Nc3n[nH]c4cccnc34)ccc12. The van der Waals surface area contributed by atoms with E-state index in [1.807, 2.05) is 30.3 Å². The van der Waals surface area contributed by atoms with Crippen molar-refractivity contribution in [2.75, 3.05) is 16.8 Å². The number of anilines is 3. The maximum atomic E-state index is 13.6. The van der Waals surface area contributed by atoms with Crippen LogP contribution in [-0.2, 0) is 0 Å². The number of benzene rings is 1. The van der Waals surface area contributed by atoms with E-state index in [0.717, 1.165) is 23.0 Å². The summed E-state index contributed by atoms with van der Waals surface area (Å²) in [6, 6.07) is 9.53. The molecule has 1 aliphatic rings. The summed E-state index contributed by atoms with van der Waals surface area (Å²) in [6.45, 7) is 0.348. The van der Waals surface area contributed by atoms with Gasteiger partial charge in [-0.1, -0.05) is 0 Å². The zero-order chi connectivity index (χ0) is 20.7. The van der Waals surface area contributed by atoms with Crippen LogP contribution in [0.2, 0.25) is 0 Å². The summed E-state index contributed by atoms with van der Waals surface area (Å²) < 4.78 is 40.8. The van der Waals surface area contributed by atoms with Crippen molar-refractivity contribution >= 4 is 39.1 Å². The first kappa shape index (κ1) is 18.7. The molecule has 0 spiro atoms. The molecule has 30 heavy (non-hydrogen) atoms. The first-order chi connectivity index (χ1) is 14.5. The van der Waals surface area contributed by atoms with Crippen LogP contribution in [0.15, 0.2) is 48.8 Å². The minimum atomic E-state index is -4.28. The number of aromatic nitrogens is 4. The molecule has 3 aromatic heterocycles. The van der Waals surface area contributed by atoms with Gasteiger partial charge in [0, 0.05) is 30.0 Å². The number of aromatic amines is 1. The van der Waals surface area contributed by atoms with E-state index in [-0.39, 0.29) is 6.42 Å². The standard InChI is InChI=1S/C21H19F3N6/c22-21(23,24)17-5-1-2-11-30(17)20-15-7-6-14(12-13(15)8-10-26-20)27-19-18-16(28-29-19)4-3-9-25-18/h3-4,6-10,12,17H,1-2,5,11H2,(H2,27,28,29). The molecule has 0 aliphatic carbocycles. The third-order valence-electron chi connectivity index (χ3n) is 5.48. The fourth-order valence-corrected chi connectivity index (χ4v) is 4.07. The Labute approximate surface area is 170 Å². The van der Waals surface area contributed by atoms with E-state index in [1.165, 1.54) is 4.90 Å². The molecule has 4 aromatic rings. The van der Waals surface area contributed by atoms with Crippen LogP contribution in [0.3, 0.4) is 0 Å². The second-order valence-electron chi connectivity index (χ2n) is 7.41. The molecule has 9 heteroatoms. The van der Waals surface area contributed by atoms with E-state index in [1.54, 1.807) is 18.5 Å². The highest BCUT2D eigenvalue weighted by molar-refractivity contribution is 5.95. The number of pyridine rings is 2. The molecule has 0 saturated carbocycles. The number of halogens is 3. The lowest BCUT2D eigenvalue weighted by Gasteiger charge is -2.38. The summed E-state index contributed by atoms with van der Waals surface area (Å²) >= 11 is 0. The molecule has 0 bridgehead atoms. The fourth-order valence-electron chi connectivity index (χ4n) is 4.07. The Morgan fingerprint density at radius 3 is 2.83 bits per heavy atom. The van der Waals surface area contributed by atoms with E-state index in [2.05, 4.69) is 25.5 Å². The number of fused-ring (bicyclic) bond motifs is 2. The summed E-state index contributed by atoms with van der Waals surface area (Å²) in [4.78, 5) is 10.1. The Morgan fingerprint density at radius 2 is 1.97 bits per heavy atom. The molecule has 0 radical (unpaired) electrons. The predicted octanol–water partition coefficient (Wildman–Crippen LogP) is 5.17. The number of hydrogen-bond acceptors (Lipinski definition) is 5. The van der Waals surface area contributed by atoms with E-state index >= 15 is 0 Å². The van der Waals surface area contributed by atoms with Gasteiger partial charge < -0.3 is 10.2 Å². The minimum Gasteiger partial charge on any atom is -0.344 e. The topological polar surface area (TPSA) is 69.7 Å². The molecule has 1 unspecified atom stereocenters. The van der Waals surface area contributed by atoms with Crippen LogP contribution in [0.1, 0.15) is 19.3 Å². The van der Waals surface area contributed by atoms with E-state index < -0.39 is 12.2 Å². The largest absolute Gasteiger partial charge is 0.408 e. The Balaban J connectivity index is 1.51. The smallest absolute Gasteiger partial charge is 0.344 e. The molecule has 6 nitrogen and oxygen atoms in total. The third-order valence-corrected chi connectivity index (χ3v) is 5.48. The van der Waals surface area contributed by atoms with E-state index in [0.29, 0.717) is 35.5 Å². The molecule has 0 amide bonds. The molecule has 5 rings (SSSR count). The van der Waals surface area contributed by atoms with Gasteiger partial charge in [-0.3, -0.25) is 10.1 Å². The van der Waals surface area contributed by atoms with Crippen molar-refractivity contribution in [1.29, 1.82) is 0 Å². The van der Waals surface area contributed by atoms with Gasteiger partial charge in [0.2, 0.25) is 0 Å². The van der Waals surface area contributed by atoms with Crippen LogP contribution in [0.5, 0.6) is 0 Å². The van der Waals surface area contributed by atoms with Gasteiger partial charge in [-0.25, -0.2) is 4.98 Å². The van der Waals surface area contributed by atoms with Gasteiger partial charge in [-0.15, -0.1) is 0 Å². The van der Waals surface area contributed by atoms with Gasteiger partial charge >= 0.3 is 6.18 Å². The van der Waals surface area contributed by atoms with Crippen LogP contribution in [-0.4, -0.2) is 38.9 Å². The number of nitrogens with one attached hydrogen (secondary N) is 2. The predicted molar refractivity (Wildman–Crippen MR) is 110 cm³/mol. The summed E-state index contributed by atoms with van der Waals surface area (Å²) in [5, 5.41) is 11.9. The van der Waals surface area contributed by atoms with E-state index in [4.69, 9.17) is 0 Å². The second kappa shape index (κ2) is 7.16. The lowest BCUT2D eigenvalue weighted by Crippen LogP contribution is -2.49. The number of nitrogens with zero attached hydrogens (tertiary/aromatic N) is 4. The summed E-state index contributed by atoms with van der Waals surface area (Å²) in [5.74, 6) is 0.973. The summed E-state index contributed by atoms with van der Waals surface area (Å²) in [7, 11) is 0. The normalized spacial score (nSPS) is 17.6. The van der Waals surface area contributed by atoms with Gasteiger partial charge in [0.05, 0.1) is 5.52 Å². The quantitative estimate of drug-likeness (QED) is 0.486. The van der Waals surface area contributed by atoms with Crippen molar-refractivity contribution in [2.24, 2.45) is 0 Å². The van der Waals surface area contributed by atoms with Crippen LogP contribution in [0.4, 0.5) is 30.5 Å². The van der Waals surface area contributed by atoms with Crippen LogP contribution in [0, 0.1) is 0 Å². The molecule has 4 heterocycles. The minimum absolute atomic E-state index is 0.0977. The van der Waals surface area contributed by atoms with Crippen molar-refractivity contribution < 1.29 is 13.2 Å². The van der Waals surface area contributed by atoms with E-state index in [9.17, 15) is 13.2 Å². The average Bonchev–Trinajstić information content (AvgIpc) is 3.15. The molecule has 1 aliphatic heterocycles. The van der Waals surface area contributed by atoms with Gasteiger partial charge in [0.25, 0.3) is 0 Å². The molecular weight excluding hydrogens is 393 g/mol. The molecule has 1 saturated heterocycles. The number of rotatable bonds is 3. The maximum Gasteiger partial charge on any atom is 0.408 e. The molecular formula is C21H19F3N6. The molecule has 1 atom stereocenters. The lowest BCUT2D eigenvalue weighted by atomic mass is 10.0. The summed E-state index contributed by atoms with van der Waals surface area (Å²) in [5.41, 5.74) is 2.30. The van der Waals surface area contributed by atoms with Crippen LogP contribution < -0.4 is 10.2 Å². The summed E-state index contributed by atoms with van der Waals surface area (Å²) in [6.07, 6.45) is 0.376. The molecule has 154 valence electrons. The maximum absolute atomic E-state index is 13.6. The first-order valence-corrected chi connectivity index (χ1v) is 9.79. The highest BCUT2D eigenvalue weighted by atomic mass is 19.4. The van der Waals surface area contributed by atoms with Crippen molar-refractivity contribution in [1.82, 2.24) is 20.2 Å². The van der Waals surface area contributed by atoms with Gasteiger partial charge in [-0.05, 0) is 61.0 Å². The van der Waals surface area contributed by atoms with Crippen molar-refractivity contribution in [3.05, 3.63) is 48.8 Å². The number of hydrogen-bond donors (Lipinski definition) is 2. The van der Waals surface area contributed by atoms with Crippen LogP contribution >= 0.6 is 0 Å². The molecule has 2 N–H and O–H groups in total. The Hall–Kier alpha value is -3.36. The zero-order valence-corrected chi connectivity index (χ0v) is 15.9. The molecule has 1 fully saturated rings. The first-order valence-electron chi connectivity index (χ1n) is 9.79. The highest BCUT2D eigenvalue weighted by Crippen LogP contribution is 2.37. The number of alkyl halides is 3. The number of H-pyrrole nitrogens is 1. The monoisotopic (exact) mass is 412 g/mol. The van der Waals surface area contributed by atoms with Crippen molar-refractivity contribution in [3.63, 3.8) is 0 Å². The number of piperidine rings is 1. The second-order valence-corrected chi connectivity index (χ2v) is 7.41.